The van der Waals surface area contributed by atoms with E-state index in [2.05, 4.69) is 21.0 Å². The van der Waals surface area contributed by atoms with Gasteiger partial charge < -0.3 is 0 Å². The average Bonchev–Trinajstić information content (AvgIpc) is 2.45. The number of aryl methyl sites for hydroxylation is 2. The Kier molecular flexibility index (Phi) is 2.85. The smallest absolute Gasteiger partial charge is 0.133 e. The maximum Gasteiger partial charge on any atom is 0.133 e. The lowest BCUT2D eigenvalue weighted by molar-refractivity contribution is 0.856. The zero-order valence-electron chi connectivity index (χ0n) is 8.46. The monoisotopic (exact) mass is 284 g/mol. The molecule has 0 saturated heterocycles. The lowest BCUT2D eigenvalue weighted by Crippen LogP contribution is -1.99. The lowest BCUT2D eigenvalue weighted by atomic mass is 10.2. The van der Waals surface area contributed by atoms with E-state index < -0.39 is 0 Å². The summed E-state index contributed by atoms with van der Waals surface area (Å²) >= 11 is 9.51. The van der Waals surface area contributed by atoms with E-state index in [0.29, 0.717) is 5.15 Å². The van der Waals surface area contributed by atoms with E-state index in [0.717, 1.165) is 21.4 Å². The number of nitrogens with zero attached hydrogens (tertiary/aromatic N) is 2. The predicted octanol–water partition coefficient (Wildman–Crippen LogP) is 3.91. The van der Waals surface area contributed by atoms with E-state index >= 15 is 0 Å². The standard InChI is InChI=1S/C11H10BrClN2/c1-7-5-9(12)3-4-10(7)15-11(13)6-8(2)14-15/h3-6H,1-2H3. The highest BCUT2D eigenvalue weighted by atomic mass is 79.9. The normalized spacial score (nSPS) is 10.7. The summed E-state index contributed by atoms with van der Waals surface area (Å²) in [6.07, 6.45) is 0. The zero-order chi connectivity index (χ0) is 11.0. The van der Waals surface area contributed by atoms with Crippen LogP contribution in [-0.2, 0) is 0 Å². The molecule has 0 fully saturated rings. The molecule has 0 atom stereocenters. The number of rotatable bonds is 1. The second-order valence-corrected chi connectivity index (χ2v) is 4.75. The van der Waals surface area contributed by atoms with Crippen LogP contribution in [0.15, 0.2) is 28.7 Å². The molecule has 0 saturated carbocycles. The summed E-state index contributed by atoms with van der Waals surface area (Å²) in [5.74, 6) is 0. The van der Waals surface area contributed by atoms with Gasteiger partial charge >= 0.3 is 0 Å². The second kappa shape index (κ2) is 3.99. The maximum atomic E-state index is 6.08. The fraction of sp³-hybridized carbons (Fsp3) is 0.182. The van der Waals surface area contributed by atoms with Crippen LogP contribution in [0.4, 0.5) is 0 Å². The first-order chi connectivity index (χ1) is 7.08. The number of halogens is 2. The quantitative estimate of drug-likeness (QED) is 0.777. The molecule has 0 aliphatic rings. The summed E-state index contributed by atoms with van der Waals surface area (Å²) in [6.45, 7) is 3.96. The van der Waals surface area contributed by atoms with Crippen LogP contribution < -0.4 is 0 Å². The number of benzene rings is 1. The molecule has 1 heterocycles. The van der Waals surface area contributed by atoms with Crippen molar-refractivity contribution in [3.05, 3.63) is 45.1 Å². The van der Waals surface area contributed by atoms with Crippen molar-refractivity contribution in [2.24, 2.45) is 0 Å². The molecule has 2 rings (SSSR count). The van der Waals surface area contributed by atoms with Crippen LogP contribution in [0.25, 0.3) is 5.69 Å². The van der Waals surface area contributed by atoms with Crippen molar-refractivity contribution >= 4 is 27.5 Å². The van der Waals surface area contributed by atoms with Crippen LogP contribution in [0.3, 0.4) is 0 Å². The Hall–Kier alpha value is -0.800. The third kappa shape index (κ3) is 2.08. The lowest BCUT2D eigenvalue weighted by Gasteiger charge is -2.07. The van der Waals surface area contributed by atoms with Gasteiger partial charge in [-0.05, 0) is 43.7 Å². The first-order valence-corrected chi connectivity index (χ1v) is 5.74. The van der Waals surface area contributed by atoms with Gasteiger partial charge in [0.25, 0.3) is 0 Å². The van der Waals surface area contributed by atoms with Crippen molar-refractivity contribution in [3.8, 4) is 5.69 Å². The molecular weight excluding hydrogens is 275 g/mol. The summed E-state index contributed by atoms with van der Waals surface area (Å²) in [6, 6.07) is 7.87. The van der Waals surface area contributed by atoms with E-state index in [1.165, 1.54) is 0 Å². The molecule has 78 valence electrons. The van der Waals surface area contributed by atoms with Gasteiger partial charge in [-0.1, -0.05) is 27.5 Å². The Bertz CT molecular complexity index is 505. The highest BCUT2D eigenvalue weighted by molar-refractivity contribution is 9.10. The van der Waals surface area contributed by atoms with E-state index in [1.54, 1.807) is 4.68 Å². The van der Waals surface area contributed by atoms with Gasteiger partial charge in [-0.3, -0.25) is 0 Å². The largest absolute Gasteiger partial charge is 0.222 e. The van der Waals surface area contributed by atoms with Crippen LogP contribution in [0.5, 0.6) is 0 Å². The highest BCUT2D eigenvalue weighted by Gasteiger charge is 2.07. The number of hydrogen-bond acceptors (Lipinski definition) is 1. The minimum atomic E-state index is 0.637. The van der Waals surface area contributed by atoms with Crippen molar-refractivity contribution in [2.75, 3.05) is 0 Å². The van der Waals surface area contributed by atoms with E-state index in [1.807, 2.05) is 38.1 Å². The van der Waals surface area contributed by atoms with Gasteiger partial charge in [0, 0.05) is 4.47 Å². The molecule has 0 aliphatic heterocycles. The first-order valence-electron chi connectivity index (χ1n) is 4.56. The van der Waals surface area contributed by atoms with Crippen LogP contribution in [-0.4, -0.2) is 9.78 Å². The average molecular weight is 286 g/mol. The summed E-state index contributed by atoms with van der Waals surface area (Å²) in [5.41, 5.74) is 3.06. The minimum Gasteiger partial charge on any atom is -0.222 e. The van der Waals surface area contributed by atoms with Crippen molar-refractivity contribution in [1.29, 1.82) is 0 Å². The van der Waals surface area contributed by atoms with Crippen molar-refractivity contribution in [3.63, 3.8) is 0 Å². The molecule has 1 aromatic carbocycles. The molecule has 15 heavy (non-hydrogen) atoms. The molecular formula is C11H10BrClN2. The first kappa shape index (κ1) is 10.7. The van der Waals surface area contributed by atoms with Gasteiger partial charge in [0.15, 0.2) is 0 Å². The molecule has 2 nitrogen and oxygen atoms in total. The Morgan fingerprint density at radius 3 is 2.53 bits per heavy atom. The summed E-state index contributed by atoms with van der Waals surface area (Å²) in [5, 5.41) is 4.98. The van der Waals surface area contributed by atoms with Crippen molar-refractivity contribution in [1.82, 2.24) is 9.78 Å². The van der Waals surface area contributed by atoms with Gasteiger partial charge in [0.05, 0.1) is 11.4 Å². The molecule has 0 N–H and O–H groups in total. The Morgan fingerprint density at radius 2 is 2.00 bits per heavy atom. The van der Waals surface area contributed by atoms with Crippen molar-refractivity contribution in [2.45, 2.75) is 13.8 Å². The SMILES string of the molecule is Cc1cc(Cl)n(-c2ccc(Br)cc2C)n1. The van der Waals surface area contributed by atoms with Crippen molar-refractivity contribution < 1.29 is 0 Å². The van der Waals surface area contributed by atoms with Crippen LogP contribution in [0.2, 0.25) is 5.15 Å². The molecule has 0 bridgehead atoms. The van der Waals surface area contributed by atoms with E-state index in [4.69, 9.17) is 11.6 Å². The molecule has 0 spiro atoms. The molecule has 0 amide bonds. The van der Waals surface area contributed by atoms with Gasteiger partial charge in [-0.15, -0.1) is 0 Å². The maximum absolute atomic E-state index is 6.08. The van der Waals surface area contributed by atoms with Gasteiger partial charge in [0.2, 0.25) is 0 Å². The zero-order valence-corrected chi connectivity index (χ0v) is 10.8. The Morgan fingerprint density at radius 1 is 1.27 bits per heavy atom. The third-order valence-corrected chi connectivity index (χ3v) is 2.94. The fourth-order valence-electron chi connectivity index (χ4n) is 1.49. The summed E-state index contributed by atoms with van der Waals surface area (Å²) < 4.78 is 2.81. The summed E-state index contributed by atoms with van der Waals surface area (Å²) in [7, 11) is 0. The Labute approximate surface area is 102 Å². The topological polar surface area (TPSA) is 17.8 Å². The molecule has 4 heteroatoms. The summed E-state index contributed by atoms with van der Waals surface area (Å²) in [4.78, 5) is 0. The molecule has 0 aliphatic carbocycles. The third-order valence-electron chi connectivity index (χ3n) is 2.18. The van der Waals surface area contributed by atoms with Gasteiger partial charge in [0.1, 0.15) is 5.15 Å². The molecule has 0 unspecified atom stereocenters. The van der Waals surface area contributed by atoms with Gasteiger partial charge in [-0.2, -0.15) is 5.10 Å². The molecule has 2 aromatic rings. The highest BCUT2D eigenvalue weighted by Crippen LogP contribution is 2.22. The van der Waals surface area contributed by atoms with Gasteiger partial charge in [-0.25, -0.2) is 4.68 Å². The number of hydrogen-bond donors (Lipinski definition) is 0. The molecule has 1 aromatic heterocycles. The number of aromatic nitrogens is 2. The minimum absolute atomic E-state index is 0.637. The second-order valence-electron chi connectivity index (χ2n) is 3.45. The fourth-order valence-corrected chi connectivity index (χ4v) is 2.26. The van der Waals surface area contributed by atoms with E-state index in [9.17, 15) is 0 Å². The van der Waals surface area contributed by atoms with Crippen LogP contribution in [0.1, 0.15) is 11.3 Å². The Balaban J connectivity index is 2.59. The van der Waals surface area contributed by atoms with Crippen LogP contribution >= 0.6 is 27.5 Å². The van der Waals surface area contributed by atoms with Crippen LogP contribution in [0, 0.1) is 13.8 Å². The van der Waals surface area contributed by atoms with E-state index in [-0.39, 0.29) is 0 Å². The predicted molar refractivity (Wildman–Crippen MR) is 65.7 cm³/mol. The molecule has 0 radical (unpaired) electrons.